The van der Waals surface area contributed by atoms with Gasteiger partial charge < -0.3 is 20.7 Å². The number of urea groups is 2. The second-order valence-corrected chi connectivity index (χ2v) is 6.17. The molecule has 2 rings (SSSR count). The second-order valence-electron chi connectivity index (χ2n) is 5.36. The molecule has 0 saturated carbocycles. The van der Waals surface area contributed by atoms with Crippen LogP contribution < -0.4 is 21.4 Å². The first-order valence-corrected chi connectivity index (χ1v) is 9.12. The summed E-state index contributed by atoms with van der Waals surface area (Å²) in [5.41, 5.74) is 3.22. The molecule has 2 aromatic carbocycles. The summed E-state index contributed by atoms with van der Waals surface area (Å²) in [5, 5.41) is 8.69. The summed E-state index contributed by atoms with van der Waals surface area (Å²) >= 11 is 11.9. The molecule has 0 unspecified atom stereocenters. The number of benzene rings is 2. The molecule has 0 spiro atoms. The van der Waals surface area contributed by atoms with E-state index in [9.17, 15) is 9.59 Å². The van der Waals surface area contributed by atoms with Gasteiger partial charge in [0, 0.05) is 6.54 Å². The fraction of sp³-hybridized carbons (Fsp3) is 0.222. The lowest BCUT2D eigenvalue weighted by Gasteiger charge is -2.10. The van der Waals surface area contributed by atoms with E-state index in [0.717, 1.165) is 0 Å². The molecular formula is C18H20Cl2N4O4. The topological polar surface area (TPSA) is 101 Å². The van der Waals surface area contributed by atoms with Crippen molar-refractivity contribution in [1.82, 2.24) is 10.8 Å². The van der Waals surface area contributed by atoms with Crippen molar-refractivity contribution in [1.29, 1.82) is 0 Å². The normalized spacial score (nSPS) is 10.2. The van der Waals surface area contributed by atoms with Crippen LogP contribution >= 0.6 is 23.2 Å². The summed E-state index contributed by atoms with van der Waals surface area (Å²) in [6, 6.07) is 12.8. The zero-order valence-corrected chi connectivity index (χ0v) is 16.3. The summed E-state index contributed by atoms with van der Waals surface area (Å²) < 4.78 is 5.29. The van der Waals surface area contributed by atoms with Gasteiger partial charge in [-0.1, -0.05) is 47.5 Å². The van der Waals surface area contributed by atoms with Crippen molar-refractivity contribution in [2.24, 2.45) is 0 Å². The lowest BCUT2D eigenvalue weighted by molar-refractivity contribution is 0.0143. The number of nitrogens with one attached hydrogen (secondary N) is 4. The fourth-order valence-electron chi connectivity index (χ4n) is 2.00. The van der Waals surface area contributed by atoms with Gasteiger partial charge in [0.05, 0.1) is 41.2 Å². The average molecular weight is 427 g/mol. The Balaban J connectivity index is 1.48. The highest BCUT2D eigenvalue weighted by atomic mass is 35.5. The number of hydroxylamine groups is 1. The van der Waals surface area contributed by atoms with Crippen LogP contribution in [0.4, 0.5) is 21.0 Å². The molecule has 150 valence electrons. The predicted octanol–water partition coefficient (Wildman–Crippen LogP) is 3.88. The average Bonchev–Trinajstić information content (AvgIpc) is 2.67. The van der Waals surface area contributed by atoms with E-state index in [-0.39, 0.29) is 25.9 Å². The molecule has 28 heavy (non-hydrogen) atoms. The maximum atomic E-state index is 11.7. The Morgan fingerprint density at radius 1 is 0.786 bits per heavy atom. The van der Waals surface area contributed by atoms with E-state index in [1.165, 1.54) is 0 Å². The maximum Gasteiger partial charge on any atom is 0.343 e. The van der Waals surface area contributed by atoms with Gasteiger partial charge in [-0.3, -0.25) is 4.84 Å². The molecule has 4 amide bonds. The molecule has 10 heteroatoms. The molecular weight excluding hydrogens is 407 g/mol. The zero-order chi connectivity index (χ0) is 20.2. The van der Waals surface area contributed by atoms with Crippen molar-refractivity contribution in [3.63, 3.8) is 0 Å². The highest BCUT2D eigenvalue weighted by molar-refractivity contribution is 6.34. The molecule has 2 aromatic rings. The van der Waals surface area contributed by atoms with Gasteiger partial charge in [-0.15, -0.1) is 0 Å². The third kappa shape index (κ3) is 8.01. The van der Waals surface area contributed by atoms with E-state index >= 15 is 0 Å². The molecule has 0 fully saturated rings. The molecule has 8 nitrogen and oxygen atoms in total. The quantitative estimate of drug-likeness (QED) is 0.360. The molecule has 0 aliphatic carbocycles. The SMILES string of the molecule is O=C(NCCOCCONC(=O)Nc1ccccc1Cl)Nc1ccccc1Cl. The Labute approximate surface area is 172 Å². The van der Waals surface area contributed by atoms with E-state index in [1.807, 2.05) is 0 Å². The standard InChI is InChI=1S/C18H20Cl2N4O4/c19-13-5-1-3-7-15(13)22-17(25)21-9-10-27-11-12-28-24-18(26)23-16-8-4-2-6-14(16)20/h1-8H,9-12H2,(H2,21,22,25)(H2,23,24,26). The Morgan fingerprint density at radius 2 is 1.36 bits per heavy atom. The first-order valence-electron chi connectivity index (χ1n) is 8.36. The highest BCUT2D eigenvalue weighted by Crippen LogP contribution is 2.20. The smallest absolute Gasteiger partial charge is 0.343 e. The van der Waals surface area contributed by atoms with Crippen LogP contribution in [0.25, 0.3) is 0 Å². The lowest BCUT2D eigenvalue weighted by atomic mass is 10.3. The molecule has 0 saturated heterocycles. The number of anilines is 2. The van der Waals surface area contributed by atoms with Gasteiger partial charge in [-0.05, 0) is 24.3 Å². The number of carbonyl (C=O) groups excluding carboxylic acids is 2. The number of carbonyl (C=O) groups is 2. The summed E-state index contributed by atoms with van der Waals surface area (Å²) in [7, 11) is 0. The summed E-state index contributed by atoms with van der Waals surface area (Å²) in [6.07, 6.45) is 0. The van der Waals surface area contributed by atoms with Crippen LogP contribution in [0, 0.1) is 0 Å². The third-order valence-corrected chi connectivity index (χ3v) is 3.93. The number of halogens is 2. The molecule has 0 atom stereocenters. The predicted molar refractivity (Wildman–Crippen MR) is 109 cm³/mol. The Morgan fingerprint density at radius 3 is 1.96 bits per heavy atom. The van der Waals surface area contributed by atoms with Gasteiger partial charge >= 0.3 is 12.1 Å². The van der Waals surface area contributed by atoms with E-state index in [0.29, 0.717) is 28.0 Å². The van der Waals surface area contributed by atoms with E-state index in [1.54, 1.807) is 48.5 Å². The zero-order valence-electron chi connectivity index (χ0n) is 14.8. The van der Waals surface area contributed by atoms with Gasteiger partial charge in [0.2, 0.25) is 0 Å². The van der Waals surface area contributed by atoms with E-state index in [4.69, 9.17) is 32.8 Å². The molecule has 0 aliphatic heterocycles. The summed E-state index contributed by atoms with van der Waals surface area (Å²) in [5.74, 6) is 0. The number of para-hydroxylation sites is 2. The number of hydrogen-bond acceptors (Lipinski definition) is 4. The minimum atomic E-state index is -0.550. The van der Waals surface area contributed by atoms with Gasteiger partial charge in [-0.2, -0.15) is 0 Å². The summed E-state index contributed by atoms with van der Waals surface area (Å²) in [4.78, 5) is 28.3. The first kappa shape index (κ1) is 21.8. The fourth-order valence-corrected chi connectivity index (χ4v) is 2.36. The molecule has 0 heterocycles. The van der Waals surface area contributed by atoms with Crippen molar-refractivity contribution >= 4 is 46.6 Å². The Hall–Kier alpha value is -2.52. The highest BCUT2D eigenvalue weighted by Gasteiger charge is 2.05. The van der Waals surface area contributed by atoms with Crippen molar-refractivity contribution in [2.75, 3.05) is 37.0 Å². The molecule has 4 N–H and O–H groups in total. The van der Waals surface area contributed by atoms with Crippen LogP contribution in [0.2, 0.25) is 10.0 Å². The van der Waals surface area contributed by atoms with E-state index < -0.39 is 6.03 Å². The van der Waals surface area contributed by atoms with Crippen LogP contribution in [0.3, 0.4) is 0 Å². The first-order chi connectivity index (χ1) is 13.6. The Kier molecular flexibility index (Phi) is 9.36. The van der Waals surface area contributed by atoms with Crippen LogP contribution in [0.1, 0.15) is 0 Å². The Bertz CT molecular complexity index is 726. The van der Waals surface area contributed by atoms with Gasteiger partial charge in [0.1, 0.15) is 0 Å². The van der Waals surface area contributed by atoms with Gasteiger partial charge in [0.15, 0.2) is 0 Å². The minimum Gasteiger partial charge on any atom is -0.377 e. The summed E-state index contributed by atoms with van der Waals surface area (Å²) in [6.45, 7) is 0.962. The monoisotopic (exact) mass is 426 g/mol. The van der Waals surface area contributed by atoms with Crippen molar-refractivity contribution in [2.45, 2.75) is 0 Å². The molecule has 0 aromatic heterocycles. The lowest BCUT2D eigenvalue weighted by Crippen LogP contribution is -2.32. The molecule has 0 bridgehead atoms. The second kappa shape index (κ2) is 12.0. The molecule has 0 radical (unpaired) electrons. The number of hydrogen-bond donors (Lipinski definition) is 4. The van der Waals surface area contributed by atoms with Gasteiger partial charge in [-0.25, -0.2) is 15.1 Å². The van der Waals surface area contributed by atoms with Crippen LogP contribution in [0.15, 0.2) is 48.5 Å². The van der Waals surface area contributed by atoms with Crippen molar-refractivity contribution in [3.05, 3.63) is 58.6 Å². The van der Waals surface area contributed by atoms with Crippen LogP contribution in [-0.2, 0) is 9.57 Å². The largest absolute Gasteiger partial charge is 0.377 e. The molecule has 0 aliphatic rings. The van der Waals surface area contributed by atoms with Crippen molar-refractivity contribution < 1.29 is 19.2 Å². The minimum absolute atomic E-state index is 0.141. The number of amides is 4. The maximum absolute atomic E-state index is 11.7. The number of rotatable bonds is 9. The van der Waals surface area contributed by atoms with E-state index in [2.05, 4.69) is 21.4 Å². The van der Waals surface area contributed by atoms with Crippen LogP contribution in [0.5, 0.6) is 0 Å². The van der Waals surface area contributed by atoms with Crippen molar-refractivity contribution in [3.8, 4) is 0 Å². The third-order valence-electron chi connectivity index (χ3n) is 3.27. The van der Waals surface area contributed by atoms with Gasteiger partial charge in [0.25, 0.3) is 0 Å². The van der Waals surface area contributed by atoms with Crippen LogP contribution in [-0.4, -0.2) is 38.4 Å². The number of ether oxygens (including phenoxy) is 1.